The zero-order valence-electron chi connectivity index (χ0n) is 13.9. The summed E-state index contributed by atoms with van der Waals surface area (Å²) in [4.78, 5) is 12.5. The largest absolute Gasteiger partial charge is 0.396 e. The lowest BCUT2D eigenvalue weighted by Gasteiger charge is -2.18. The first-order valence-corrected chi connectivity index (χ1v) is 8.29. The van der Waals surface area contributed by atoms with Gasteiger partial charge in [0.2, 0.25) is 0 Å². The molecule has 0 bridgehead atoms. The molecular formula is C20H21N3O2. The van der Waals surface area contributed by atoms with E-state index in [1.165, 1.54) is 0 Å². The fourth-order valence-corrected chi connectivity index (χ4v) is 2.72. The van der Waals surface area contributed by atoms with E-state index in [1.54, 1.807) is 6.20 Å². The molecule has 0 aliphatic carbocycles. The van der Waals surface area contributed by atoms with Crippen LogP contribution in [0, 0.1) is 0 Å². The molecule has 128 valence electrons. The second-order valence-corrected chi connectivity index (χ2v) is 5.85. The Kier molecular flexibility index (Phi) is 5.59. The molecule has 1 unspecified atom stereocenters. The number of carbonyl (C=O) groups is 1. The van der Waals surface area contributed by atoms with Gasteiger partial charge in [-0.2, -0.15) is 5.10 Å². The highest BCUT2D eigenvalue weighted by molar-refractivity contribution is 5.94. The van der Waals surface area contributed by atoms with Crippen molar-refractivity contribution in [2.45, 2.75) is 19.0 Å². The molecule has 25 heavy (non-hydrogen) atoms. The number of aliphatic hydroxyl groups is 1. The predicted molar refractivity (Wildman–Crippen MR) is 96.1 cm³/mol. The van der Waals surface area contributed by atoms with Crippen LogP contribution in [0.25, 0.3) is 0 Å². The van der Waals surface area contributed by atoms with Crippen molar-refractivity contribution in [3.8, 4) is 0 Å². The number of nitrogens with zero attached hydrogens (tertiary/aromatic N) is 2. The average molecular weight is 335 g/mol. The van der Waals surface area contributed by atoms with E-state index in [-0.39, 0.29) is 18.6 Å². The molecule has 0 radical (unpaired) electrons. The summed E-state index contributed by atoms with van der Waals surface area (Å²) in [6.07, 6.45) is 4.12. The highest BCUT2D eigenvalue weighted by Gasteiger charge is 2.15. The SMILES string of the molecule is O=C(NC(CCO)c1ccccc1)c1ccc(Cn2cccn2)cc1. The molecule has 1 amide bonds. The molecule has 0 fully saturated rings. The van der Waals surface area contributed by atoms with E-state index in [2.05, 4.69) is 10.4 Å². The number of amides is 1. The topological polar surface area (TPSA) is 67.2 Å². The van der Waals surface area contributed by atoms with Crippen molar-refractivity contribution in [3.05, 3.63) is 89.7 Å². The Morgan fingerprint density at radius 2 is 1.84 bits per heavy atom. The van der Waals surface area contributed by atoms with E-state index < -0.39 is 0 Å². The van der Waals surface area contributed by atoms with Gasteiger partial charge in [-0.05, 0) is 35.7 Å². The average Bonchev–Trinajstić information content (AvgIpc) is 3.15. The number of hydrogen-bond acceptors (Lipinski definition) is 3. The molecule has 0 spiro atoms. The number of nitrogens with one attached hydrogen (secondary N) is 1. The molecular weight excluding hydrogens is 314 g/mol. The van der Waals surface area contributed by atoms with Crippen molar-refractivity contribution in [3.63, 3.8) is 0 Å². The lowest BCUT2D eigenvalue weighted by Crippen LogP contribution is -2.29. The van der Waals surface area contributed by atoms with Gasteiger partial charge in [0.15, 0.2) is 0 Å². The van der Waals surface area contributed by atoms with Crippen LogP contribution in [-0.2, 0) is 6.54 Å². The van der Waals surface area contributed by atoms with Crippen LogP contribution in [0.15, 0.2) is 73.1 Å². The molecule has 3 aromatic rings. The predicted octanol–water partition coefficient (Wildman–Crippen LogP) is 2.78. The number of rotatable bonds is 7. The van der Waals surface area contributed by atoms with Gasteiger partial charge < -0.3 is 10.4 Å². The van der Waals surface area contributed by atoms with Crippen LogP contribution in [0.1, 0.15) is 33.9 Å². The standard InChI is InChI=1S/C20H21N3O2/c24-14-11-19(17-5-2-1-3-6-17)22-20(25)18-9-7-16(8-10-18)15-23-13-4-12-21-23/h1-10,12-13,19,24H,11,14-15H2,(H,22,25). The summed E-state index contributed by atoms with van der Waals surface area (Å²) < 4.78 is 1.84. The third-order valence-electron chi connectivity index (χ3n) is 4.04. The number of aliphatic hydroxyl groups excluding tert-OH is 1. The highest BCUT2D eigenvalue weighted by atomic mass is 16.3. The van der Waals surface area contributed by atoms with E-state index in [0.717, 1.165) is 11.1 Å². The molecule has 5 heteroatoms. The molecule has 1 aromatic heterocycles. The third-order valence-corrected chi connectivity index (χ3v) is 4.04. The smallest absolute Gasteiger partial charge is 0.251 e. The Morgan fingerprint density at radius 3 is 2.48 bits per heavy atom. The summed E-state index contributed by atoms with van der Waals surface area (Å²) in [5.74, 6) is -0.145. The van der Waals surface area contributed by atoms with E-state index in [0.29, 0.717) is 18.5 Å². The van der Waals surface area contributed by atoms with Crippen molar-refractivity contribution >= 4 is 5.91 Å². The van der Waals surface area contributed by atoms with Crippen LogP contribution < -0.4 is 5.32 Å². The summed E-state index contributed by atoms with van der Waals surface area (Å²) in [5.41, 5.74) is 2.67. The quantitative estimate of drug-likeness (QED) is 0.698. The van der Waals surface area contributed by atoms with Crippen molar-refractivity contribution in [2.24, 2.45) is 0 Å². The maximum absolute atomic E-state index is 12.5. The molecule has 0 aliphatic heterocycles. The minimum Gasteiger partial charge on any atom is -0.396 e. The first-order valence-electron chi connectivity index (χ1n) is 8.29. The minimum atomic E-state index is -0.206. The summed E-state index contributed by atoms with van der Waals surface area (Å²) in [6, 6.07) is 18.9. The summed E-state index contributed by atoms with van der Waals surface area (Å²) in [5, 5.41) is 16.5. The molecule has 0 saturated heterocycles. The summed E-state index contributed by atoms with van der Waals surface area (Å²) in [7, 11) is 0. The first-order chi connectivity index (χ1) is 12.3. The number of hydrogen-bond donors (Lipinski definition) is 2. The third kappa shape index (κ3) is 4.55. The summed E-state index contributed by atoms with van der Waals surface area (Å²) in [6.45, 7) is 0.689. The molecule has 0 aliphatic rings. The van der Waals surface area contributed by atoms with Crippen LogP contribution in [0.2, 0.25) is 0 Å². The Labute approximate surface area is 146 Å². The maximum atomic E-state index is 12.5. The zero-order chi connectivity index (χ0) is 17.5. The van der Waals surface area contributed by atoms with Gasteiger partial charge in [0, 0.05) is 24.6 Å². The van der Waals surface area contributed by atoms with E-state index in [1.807, 2.05) is 71.5 Å². The molecule has 0 saturated carbocycles. The molecule has 2 N–H and O–H groups in total. The lowest BCUT2D eigenvalue weighted by atomic mass is 10.0. The summed E-state index contributed by atoms with van der Waals surface area (Å²) >= 11 is 0. The second kappa shape index (κ2) is 8.26. The van der Waals surface area contributed by atoms with Crippen molar-refractivity contribution < 1.29 is 9.90 Å². The van der Waals surface area contributed by atoms with E-state index in [9.17, 15) is 9.90 Å². The van der Waals surface area contributed by atoms with Gasteiger partial charge in [0.05, 0.1) is 12.6 Å². The van der Waals surface area contributed by atoms with Crippen molar-refractivity contribution in [2.75, 3.05) is 6.61 Å². The Morgan fingerprint density at radius 1 is 1.08 bits per heavy atom. The lowest BCUT2D eigenvalue weighted by molar-refractivity contribution is 0.0930. The number of benzene rings is 2. The minimum absolute atomic E-state index is 0.0165. The second-order valence-electron chi connectivity index (χ2n) is 5.85. The van der Waals surface area contributed by atoms with Crippen LogP contribution in [0.4, 0.5) is 0 Å². The Hall–Kier alpha value is -2.92. The van der Waals surface area contributed by atoms with Gasteiger partial charge in [-0.1, -0.05) is 42.5 Å². The normalized spacial score (nSPS) is 11.9. The van der Waals surface area contributed by atoms with Gasteiger partial charge in [0.25, 0.3) is 5.91 Å². The van der Waals surface area contributed by atoms with Crippen LogP contribution in [0.5, 0.6) is 0 Å². The fraction of sp³-hybridized carbons (Fsp3) is 0.200. The Bertz CT molecular complexity index is 784. The molecule has 5 nitrogen and oxygen atoms in total. The van der Waals surface area contributed by atoms with Gasteiger partial charge in [0.1, 0.15) is 0 Å². The van der Waals surface area contributed by atoms with E-state index >= 15 is 0 Å². The van der Waals surface area contributed by atoms with Gasteiger partial charge in [-0.25, -0.2) is 0 Å². The van der Waals surface area contributed by atoms with Crippen molar-refractivity contribution in [1.29, 1.82) is 0 Å². The monoisotopic (exact) mass is 335 g/mol. The van der Waals surface area contributed by atoms with Gasteiger partial charge in [-0.3, -0.25) is 9.48 Å². The molecule has 2 aromatic carbocycles. The van der Waals surface area contributed by atoms with E-state index in [4.69, 9.17) is 0 Å². The maximum Gasteiger partial charge on any atom is 0.251 e. The van der Waals surface area contributed by atoms with Gasteiger partial charge in [-0.15, -0.1) is 0 Å². The van der Waals surface area contributed by atoms with Crippen LogP contribution >= 0.6 is 0 Å². The molecule has 1 atom stereocenters. The Balaban J connectivity index is 1.67. The van der Waals surface area contributed by atoms with Crippen molar-refractivity contribution in [1.82, 2.24) is 15.1 Å². The number of carbonyl (C=O) groups excluding carboxylic acids is 1. The van der Waals surface area contributed by atoms with Gasteiger partial charge >= 0.3 is 0 Å². The van der Waals surface area contributed by atoms with Crippen LogP contribution in [0.3, 0.4) is 0 Å². The first kappa shape index (κ1) is 16.9. The molecule has 3 rings (SSSR count). The zero-order valence-corrected chi connectivity index (χ0v) is 13.9. The highest BCUT2D eigenvalue weighted by Crippen LogP contribution is 2.17. The van der Waals surface area contributed by atoms with Crippen LogP contribution in [-0.4, -0.2) is 27.4 Å². The number of aromatic nitrogens is 2. The molecule has 1 heterocycles. The fourth-order valence-electron chi connectivity index (χ4n) is 2.72.